The Labute approximate surface area is 115 Å². The number of anilines is 1. The molecule has 0 fully saturated rings. The molecule has 0 unspecified atom stereocenters. The van der Waals surface area contributed by atoms with E-state index in [0.29, 0.717) is 6.54 Å². The highest BCUT2D eigenvalue weighted by molar-refractivity contribution is 14.1. The Bertz CT molecular complexity index is 538. The number of nitrogens with one attached hydrogen (secondary N) is 1. The lowest BCUT2D eigenvalue weighted by Gasteiger charge is -2.03. The SMILES string of the molecule is Ic1ccccc1NCC#Cc1ccccc1. The largest absolute Gasteiger partial charge is 0.373 e. The van der Waals surface area contributed by atoms with Gasteiger partial charge >= 0.3 is 0 Å². The van der Waals surface area contributed by atoms with E-state index in [0.717, 1.165) is 11.3 Å². The van der Waals surface area contributed by atoms with Crippen LogP contribution >= 0.6 is 22.6 Å². The van der Waals surface area contributed by atoms with Crippen LogP contribution in [0.2, 0.25) is 0 Å². The molecule has 0 spiro atoms. The van der Waals surface area contributed by atoms with Crippen LogP contribution < -0.4 is 5.32 Å². The maximum atomic E-state index is 3.30. The fourth-order valence-corrected chi connectivity index (χ4v) is 1.99. The first kappa shape index (κ1) is 12.0. The summed E-state index contributed by atoms with van der Waals surface area (Å²) in [5, 5.41) is 3.30. The second kappa shape index (κ2) is 6.31. The second-order valence-electron chi connectivity index (χ2n) is 3.50. The summed E-state index contributed by atoms with van der Waals surface area (Å²) in [4.78, 5) is 0. The van der Waals surface area contributed by atoms with Crippen LogP contribution in [0.25, 0.3) is 0 Å². The summed E-state index contributed by atoms with van der Waals surface area (Å²) in [6.45, 7) is 0.662. The van der Waals surface area contributed by atoms with Crippen LogP contribution in [0.4, 0.5) is 5.69 Å². The van der Waals surface area contributed by atoms with Gasteiger partial charge in [-0.2, -0.15) is 0 Å². The molecule has 0 heterocycles. The molecule has 0 radical (unpaired) electrons. The van der Waals surface area contributed by atoms with E-state index in [-0.39, 0.29) is 0 Å². The summed E-state index contributed by atoms with van der Waals surface area (Å²) >= 11 is 2.31. The predicted octanol–water partition coefficient (Wildman–Crippen LogP) is 3.75. The third-order valence-corrected chi connectivity index (χ3v) is 3.19. The van der Waals surface area contributed by atoms with Crippen LogP contribution in [0.5, 0.6) is 0 Å². The Morgan fingerprint density at radius 3 is 2.41 bits per heavy atom. The molecule has 0 aromatic heterocycles. The van der Waals surface area contributed by atoms with Gasteiger partial charge in [0, 0.05) is 14.8 Å². The van der Waals surface area contributed by atoms with E-state index < -0.39 is 0 Å². The average Bonchev–Trinajstić information content (AvgIpc) is 2.38. The highest BCUT2D eigenvalue weighted by Crippen LogP contribution is 2.16. The number of hydrogen-bond acceptors (Lipinski definition) is 1. The van der Waals surface area contributed by atoms with Crippen LogP contribution in [-0.4, -0.2) is 6.54 Å². The third-order valence-electron chi connectivity index (χ3n) is 2.25. The summed E-state index contributed by atoms with van der Waals surface area (Å²) < 4.78 is 1.21. The highest BCUT2D eigenvalue weighted by Gasteiger charge is 1.93. The molecule has 0 bridgehead atoms. The standard InChI is InChI=1S/C15H12IN/c16-14-10-4-5-11-15(14)17-12-6-9-13-7-2-1-3-8-13/h1-5,7-8,10-11,17H,12H2. The van der Waals surface area contributed by atoms with Gasteiger partial charge in [0.25, 0.3) is 0 Å². The molecule has 0 saturated heterocycles. The Morgan fingerprint density at radius 1 is 0.941 bits per heavy atom. The van der Waals surface area contributed by atoms with Gasteiger partial charge in [0.15, 0.2) is 0 Å². The van der Waals surface area contributed by atoms with Gasteiger partial charge in [0.1, 0.15) is 0 Å². The molecule has 2 aromatic carbocycles. The van der Waals surface area contributed by atoms with Crippen molar-refractivity contribution in [1.82, 2.24) is 0 Å². The van der Waals surface area contributed by atoms with Crippen LogP contribution in [-0.2, 0) is 0 Å². The van der Waals surface area contributed by atoms with Crippen LogP contribution in [0, 0.1) is 15.4 Å². The maximum absolute atomic E-state index is 3.30. The number of benzene rings is 2. The lowest BCUT2D eigenvalue weighted by atomic mass is 10.2. The van der Waals surface area contributed by atoms with Crippen LogP contribution in [0.15, 0.2) is 54.6 Å². The number of hydrogen-bond donors (Lipinski definition) is 1. The molecule has 0 amide bonds. The van der Waals surface area contributed by atoms with Crippen molar-refractivity contribution in [2.24, 2.45) is 0 Å². The minimum atomic E-state index is 0.662. The monoisotopic (exact) mass is 333 g/mol. The van der Waals surface area contributed by atoms with Crippen molar-refractivity contribution < 1.29 is 0 Å². The fourth-order valence-electron chi connectivity index (χ4n) is 1.41. The van der Waals surface area contributed by atoms with E-state index in [4.69, 9.17) is 0 Å². The maximum Gasteiger partial charge on any atom is 0.0770 e. The molecule has 0 saturated carbocycles. The van der Waals surface area contributed by atoms with E-state index >= 15 is 0 Å². The fraction of sp³-hybridized carbons (Fsp3) is 0.0667. The summed E-state index contributed by atoms with van der Waals surface area (Å²) in [5.74, 6) is 6.23. The first-order valence-electron chi connectivity index (χ1n) is 5.38. The highest BCUT2D eigenvalue weighted by atomic mass is 127. The van der Waals surface area contributed by atoms with Crippen LogP contribution in [0.1, 0.15) is 5.56 Å². The molecule has 1 N–H and O–H groups in total. The van der Waals surface area contributed by atoms with Crippen molar-refractivity contribution in [2.45, 2.75) is 0 Å². The smallest absolute Gasteiger partial charge is 0.0770 e. The Balaban J connectivity index is 1.93. The molecule has 0 atom stereocenters. The molecular formula is C15H12IN. The topological polar surface area (TPSA) is 12.0 Å². The van der Waals surface area contributed by atoms with Gasteiger partial charge in [-0.15, -0.1) is 0 Å². The van der Waals surface area contributed by atoms with Gasteiger partial charge in [-0.1, -0.05) is 42.2 Å². The van der Waals surface area contributed by atoms with Crippen molar-refractivity contribution in [3.8, 4) is 11.8 Å². The Kier molecular flexibility index (Phi) is 4.45. The molecule has 2 aromatic rings. The molecular weight excluding hydrogens is 321 g/mol. The van der Waals surface area contributed by atoms with E-state index in [9.17, 15) is 0 Å². The van der Waals surface area contributed by atoms with E-state index in [2.05, 4.69) is 51.9 Å². The second-order valence-corrected chi connectivity index (χ2v) is 4.66. The molecule has 1 nitrogen and oxygen atoms in total. The summed E-state index contributed by atoms with van der Waals surface area (Å²) in [6, 6.07) is 18.2. The summed E-state index contributed by atoms with van der Waals surface area (Å²) in [5.41, 5.74) is 2.19. The summed E-state index contributed by atoms with van der Waals surface area (Å²) in [7, 11) is 0. The van der Waals surface area contributed by atoms with E-state index in [1.165, 1.54) is 3.57 Å². The normalized spacial score (nSPS) is 9.24. The molecule has 2 heteroatoms. The van der Waals surface area contributed by atoms with E-state index in [1.54, 1.807) is 0 Å². The summed E-state index contributed by atoms with van der Waals surface area (Å²) in [6.07, 6.45) is 0. The number of para-hydroxylation sites is 1. The minimum Gasteiger partial charge on any atom is -0.373 e. The zero-order valence-corrected chi connectivity index (χ0v) is 11.4. The van der Waals surface area contributed by atoms with Gasteiger partial charge in [0.2, 0.25) is 0 Å². The molecule has 0 aliphatic heterocycles. The Hall–Kier alpha value is -1.47. The zero-order chi connectivity index (χ0) is 11.9. The molecule has 84 valence electrons. The minimum absolute atomic E-state index is 0.662. The Morgan fingerprint density at radius 2 is 1.65 bits per heavy atom. The van der Waals surface area contributed by atoms with Crippen molar-refractivity contribution in [3.63, 3.8) is 0 Å². The van der Waals surface area contributed by atoms with Gasteiger partial charge in [0.05, 0.1) is 6.54 Å². The van der Waals surface area contributed by atoms with E-state index in [1.807, 2.05) is 42.5 Å². The predicted molar refractivity (Wildman–Crippen MR) is 81.0 cm³/mol. The van der Waals surface area contributed by atoms with Crippen molar-refractivity contribution >= 4 is 28.3 Å². The third kappa shape index (κ3) is 3.79. The lowest BCUT2D eigenvalue weighted by Crippen LogP contribution is -2.00. The zero-order valence-electron chi connectivity index (χ0n) is 9.28. The average molecular weight is 333 g/mol. The van der Waals surface area contributed by atoms with Crippen LogP contribution in [0.3, 0.4) is 0 Å². The molecule has 0 aliphatic carbocycles. The lowest BCUT2D eigenvalue weighted by molar-refractivity contribution is 1.36. The first-order chi connectivity index (χ1) is 8.36. The van der Waals surface area contributed by atoms with Crippen molar-refractivity contribution in [3.05, 3.63) is 63.7 Å². The quantitative estimate of drug-likeness (QED) is 0.652. The first-order valence-corrected chi connectivity index (χ1v) is 6.46. The number of rotatable bonds is 2. The molecule has 17 heavy (non-hydrogen) atoms. The van der Waals surface area contributed by atoms with Crippen molar-refractivity contribution in [2.75, 3.05) is 11.9 Å². The van der Waals surface area contributed by atoms with Crippen molar-refractivity contribution in [1.29, 1.82) is 0 Å². The van der Waals surface area contributed by atoms with Gasteiger partial charge in [-0.05, 0) is 46.9 Å². The van der Waals surface area contributed by atoms with Gasteiger partial charge in [-0.3, -0.25) is 0 Å². The van der Waals surface area contributed by atoms with Gasteiger partial charge in [-0.25, -0.2) is 0 Å². The van der Waals surface area contributed by atoms with Gasteiger partial charge < -0.3 is 5.32 Å². The molecule has 0 aliphatic rings. The molecule has 2 rings (SSSR count). The number of halogens is 1.